The van der Waals surface area contributed by atoms with E-state index in [2.05, 4.69) is 22.0 Å². The van der Waals surface area contributed by atoms with E-state index in [-0.39, 0.29) is 6.61 Å². The number of hydrogen-bond acceptors (Lipinski definition) is 2. The Bertz CT molecular complexity index is 652. The number of hydrogen-bond donors (Lipinski definition) is 0. The van der Waals surface area contributed by atoms with Crippen LogP contribution in [0.2, 0.25) is 10.0 Å². The fraction of sp³-hybridized carbons (Fsp3) is 0.0714. The molecule has 0 bridgehead atoms. The second-order valence-electron chi connectivity index (χ2n) is 3.78. The van der Waals surface area contributed by atoms with Gasteiger partial charge in [0.1, 0.15) is 18.4 Å². The molecule has 0 aliphatic rings. The number of halogens is 3. The van der Waals surface area contributed by atoms with Gasteiger partial charge in [0.25, 0.3) is 0 Å². The number of rotatable bonds is 3. The highest BCUT2D eigenvalue weighted by Crippen LogP contribution is 2.26. The van der Waals surface area contributed by atoms with Crippen molar-refractivity contribution in [2.75, 3.05) is 0 Å². The second-order valence-corrected chi connectivity index (χ2v) is 5.54. The van der Waals surface area contributed by atoms with Gasteiger partial charge in [-0.05, 0) is 24.3 Å². The molecule has 2 rings (SSSR count). The zero-order valence-corrected chi connectivity index (χ0v) is 12.8. The van der Waals surface area contributed by atoms with Crippen molar-refractivity contribution in [2.24, 2.45) is 0 Å². The minimum absolute atomic E-state index is 0.279. The van der Waals surface area contributed by atoms with Crippen LogP contribution >= 0.6 is 39.1 Å². The lowest BCUT2D eigenvalue weighted by Gasteiger charge is -2.09. The molecule has 2 aromatic rings. The van der Waals surface area contributed by atoms with Gasteiger partial charge in [-0.2, -0.15) is 5.26 Å². The molecule has 0 unspecified atom stereocenters. The van der Waals surface area contributed by atoms with Crippen LogP contribution in [0.3, 0.4) is 0 Å². The van der Waals surface area contributed by atoms with Gasteiger partial charge in [-0.15, -0.1) is 0 Å². The Morgan fingerprint density at radius 3 is 2.63 bits per heavy atom. The molecule has 0 aliphatic heterocycles. The van der Waals surface area contributed by atoms with Crippen LogP contribution < -0.4 is 4.74 Å². The summed E-state index contributed by atoms with van der Waals surface area (Å²) in [7, 11) is 0. The molecule has 19 heavy (non-hydrogen) atoms. The highest BCUT2D eigenvalue weighted by Gasteiger charge is 2.07. The van der Waals surface area contributed by atoms with Crippen molar-refractivity contribution in [3.63, 3.8) is 0 Å². The first-order valence-corrected chi connectivity index (χ1v) is 6.91. The summed E-state index contributed by atoms with van der Waals surface area (Å²) in [5, 5.41) is 10.1. The maximum atomic E-state index is 8.99. The summed E-state index contributed by atoms with van der Waals surface area (Å²) < 4.78 is 6.51. The predicted molar refractivity (Wildman–Crippen MR) is 79.7 cm³/mol. The predicted octanol–water partition coefficient (Wildman–Crippen LogP) is 5.21. The van der Waals surface area contributed by atoms with Crippen molar-refractivity contribution >= 4 is 39.1 Å². The molecule has 0 heterocycles. The van der Waals surface area contributed by atoms with Crippen LogP contribution in [0.1, 0.15) is 11.1 Å². The lowest BCUT2D eigenvalue weighted by atomic mass is 10.2. The van der Waals surface area contributed by atoms with Crippen LogP contribution in [0, 0.1) is 11.3 Å². The van der Waals surface area contributed by atoms with Crippen molar-refractivity contribution in [1.29, 1.82) is 5.26 Å². The van der Waals surface area contributed by atoms with Crippen LogP contribution in [0.4, 0.5) is 0 Å². The maximum Gasteiger partial charge on any atom is 0.139 e. The Kier molecular flexibility index (Phi) is 4.71. The molecular formula is C14H8BrCl2NO. The summed E-state index contributed by atoms with van der Waals surface area (Å²) in [4.78, 5) is 0. The first kappa shape index (κ1) is 14.2. The lowest BCUT2D eigenvalue weighted by Crippen LogP contribution is -1.98. The zero-order chi connectivity index (χ0) is 13.8. The molecule has 0 aromatic heterocycles. The fourth-order valence-corrected chi connectivity index (χ4v) is 2.39. The molecule has 96 valence electrons. The van der Waals surface area contributed by atoms with Crippen molar-refractivity contribution in [2.45, 2.75) is 6.61 Å². The van der Waals surface area contributed by atoms with Crippen LogP contribution in [-0.2, 0) is 6.61 Å². The Morgan fingerprint density at radius 1 is 1.16 bits per heavy atom. The summed E-state index contributed by atoms with van der Waals surface area (Å²) >= 11 is 15.3. The number of benzene rings is 2. The third-order valence-electron chi connectivity index (χ3n) is 2.46. The van der Waals surface area contributed by atoms with Gasteiger partial charge in [0, 0.05) is 26.1 Å². The second kappa shape index (κ2) is 6.29. The van der Waals surface area contributed by atoms with Gasteiger partial charge in [0.2, 0.25) is 0 Å². The average Bonchev–Trinajstić information content (AvgIpc) is 2.38. The average molecular weight is 357 g/mol. The number of nitriles is 1. The molecule has 5 heteroatoms. The van der Waals surface area contributed by atoms with E-state index in [0.29, 0.717) is 21.4 Å². The monoisotopic (exact) mass is 355 g/mol. The van der Waals surface area contributed by atoms with E-state index < -0.39 is 0 Å². The Morgan fingerprint density at radius 2 is 1.95 bits per heavy atom. The highest BCUT2D eigenvalue weighted by atomic mass is 79.9. The zero-order valence-electron chi connectivity index (χ0n) is 9.66. The summed E-state index contributed by atoms with van der Waals surface area (Å²) in [5.41, 5.74) is 1.28. The Hall–Kier alpha value is -1.21. The van der Waals surface area contributed by atoms with Crippen LogP contribution in [-0.4, -0.2) is 0 Å². The molecule has 0 radical (unpaired) electrons. The van der Waals surface area contributed by atoms with E-state index in [0.717, 1.165) is 10.0 Å². The SMILES string of the molecule is N#Cc1ccc(Cl)cc1OCc1ccc(Br)cc1Cl. The first-order chi connectivity index (χ1) is 9.10. The molecular weight excluding hydrogens is 349 g/mol. The van der Waals surface area contributed by atoms with Gasteiger partial charge in [-0.1, -0.05) is 45.2 Å². The van der Waals surface area contributed by atoms with E-state index in [1.807, 2.05) is 12.1 Å². The summed E-state index contributed by atoms with van der Waals surface area (Å²) in [6, 6.07) is 12.5. The minimum atomic E-state index is 0.279. The first-order valence-electron chi connectivity index (χ1n) is 5.36. The molecule has 0 amide bonds. The van der Waals surface area contributed by atoms with Gasteiger partial charge < -0.3 is 4.74 Å². The molecule has 2 nitrogen and oxygen atoms in total. The van der Waals surface area contributed by atoms with Crippen molar-refractivity contribution in [1.82, 2.24) is 0 Å². The van der Waals surface area contributed by atoms with Gasteiger partial charge in [0.15, 0.2) is 0 Å². The summed E-state index contributed by atoms with van der Waals surface area (Å²) in [6.07, 6.45) is 0. The Balaban J connectivity index is 2.19. The molecule has 0 spiro atoms. The largest absolute Gasteiger partial charge is 0.487 e. The van der Waals surface area contributed by atoms with Crippen molar-refractivity contribution in [3.05, 3.63) is 62.0 Å². The lowest BCUT2D eigenvalue weighted by molar-refractivity contribution is 0.305. The standard InChI is InChI=1S/C14H8BrCl2NO/c15-11-3-1-10(13(17)5-11)8-19-14-6-12(16)4-2-9(14)7-18/h1-6H,8H2. The minimum Gasteiger partial charge on any atom is -0.487 e. The fourth-order valence-electron chi connectivity index (χ4n) is 1.50. The smallest absolute Gasteiger partial charge is 0.139 e. The molecule has 0 aliphatic carbocycles. The molecule has 0 saturated heterocycles. The van der Waals surface area contributed by atoms with Gasteiger partial charge in [0.05, 0.1) is 5.56 Å². The Labute approximate surface area is 129 Å². The van der Waals surface area contributed by atoms with E-state index in [1.54, 1.807) is 24.3 Å². The van der Waals surface area contributed by atoms with E-state index in [4.69, 9.17) is 33.2 Å². The van der Waals surface area contributed by atoms with Crippen molar-refractivity contribution in [3.8, 4) is 11.8 Å². The normalized spacial score (nSPS) is 10.0. The third kappa shape index (κ3) is 3.63. The van der Waals surface area contributed by atoms with Crippen molar-refractivity contribution < 1.29 is 4.74 Å². The van der Waals surface area contributed by atoms with Gasteiger partial charge in [-0.25, -0.2) is 0 Å². The highest BCUT2D eigenvalue weighted by molar-refractivity contribution is 9.10. The molecule has 0 saturated carbocycles. The topological polar surface area (TPSA) is 33.0 Å². The summed E-state index contributed by atoms with van der Waals surface area (Å²) in [6.45, 7) is 0.279. The molecule has 0 fully saturated rings. The third-order valence-corrected chi connectivity index (χ3v) is 3.54. The van der Waals surface area contributed by atoms with Gasteiger partial charge >= 0.3 is 0 Å². The van der Waals surface area contributed by atoms with E-state index in [9.17, 15) is 0 Å². The van der Waals surface area contributed by atoms with Crippen LogP contribution in [0.15, 0.2) is 40.9 Å². The molecule has 0 atom stereocenters. The van der Waals surface area contributed by atoms with Crippen LogP contribution in [0.5, 0.6) is 5.75 Å². The van der Waals surface area contributed by atoms with Gasteiger partial charge in [-0.3, -0.25) is 0 Å². The van der Waals surface area contributed by atoms with Crippen LogP contribution in [0.25, 0.3) is 0 Å². The van der Waals surface area contributed by atoms with E-state index >= 15 is 0 Å². The molecule has 0 N–H and O–H groups in total. The quantitative estimate of drug-likeness (QED) is 0.756. The number of nitrogens with zero attached hydrogens (tertiary/aromatic N) is 1. The van der Waals surface area contributed by atoms with E-state index in [1.165, 1.54) is 0 Å². The summed E-state index contributed by atoms with van der Waals surface area (Å²) in [5.74, 6) is 0.453. The molecule has 2 aromatic carbocycles. The number of ether oxygens (including phenoxy) is 1. The maximum absolute atomic E-state index is 8.99.